The Morgan fingerprint density at radius 1 is 1.05 bits per heavy atom. The SMILES string of the molecule is CC1=CC[C@H]2[C@@H]3C[C@@H]4CC[C@H](O)C[C@H]4C[C@H]3CC[C@]12C. The van der Waals surface area contributed by atoms with E-state index in [1.165, 1.54) is 38.5 Å². The third-order valence-electron chi connectivity index (χ3n) is 7.85. The molecule has 0 aliphatic heterocycles. The van der Waals surface area contributed by atoms with Crippen molar-refractivity contribution in [1.82, 2.24) is 0 Å². The molecule has 0 spiro atoms. The summed E-state index contributed by atoms with van der Waals surface area (Å²) in [6, 6.07) is 0. The van der Waals surface area contributed by atoms with Crippen molar-refractivity contribution < 1.29 is 5.11 Å². The predicted octanol–water partition coefficient (Wildman–Crippen LogP) is 4.56. The second kappa shape index (κ2) is 4.60. The summed E-state index contributed by atoms with van der Waals surface area (Å²) in [7, 11) is 0. The van der Waals surface area contributed by atoms with Gasteiger partial charge in [0.15, 0.2) is 0 Å². The molecular weight excluding hydrogens is 244 g/mol. The van der Waals surface area contributed by atoms with Crippen LogP contribution in [-0.4, -0.2) is 11.2 Å². The molecule has 0 amide bonds. The fourth-order valence-electron chi connectivity index (χ4n) is 6.44. The highest BCUT2D eigenvalue weighted by Gasteiger charge is 2.52. The zero-order valence-electron chi connectivity index (χ0n) is 13.1. The summed E-state index contributed by atoms with van der Waals surface area (Å²) >= 11 is 0. The second-order valence-corrected chi connectivity index (χ2v) is 8.57. The Hall–Kier alpha value is -0.300. The summed E-state index contributed by atoms with van der Waals surface area (Å²) in [4.78, 5) is 0. The zero-order valence-corrected chi connectivity index (χ0v) is 13.1. The molecule has 0 bridgehead atoms. The van der Waals surface area contributed by atoms with Crippen LogP contribution in [-0.2, 0) is 0 Å². The Balaban J connectivity index is 1.55. The highest BCUT2D eigenvalue weighted by molar-refractivity contribution is 5.22. The van der Waals surface area contributed by atoms with Crippen LogP contribution in [0.15, 0.2) is 11.6 Å². The van der Waals surface area contributed by atoms with E-state index < -0.39 is 0 Å². The molecule has 0 unspecified atom stereocenters. The Morgan fingerprint density at radius 2 is 1.90 bits per heavy atom. The first-order valence-corrected chi connectivity index (χ1v) is 8.93. The van der Waals surface area contributed by atoms with Crippen LogP contribution in [0.3, 0.4) is 0 Å². The number of aliphatic hydroxyl groups excluding tert-OH is 1. The standard InChI is InChI=1S/C19H30O/c1-12-3-6-18-17-11-13-4-5-16(20)10-15(13)9-14(17)7-8-19(12,18)2/h3,13-18,20H,4-11H2,1-2H3/t13-,14+,15+,16-,17+,18-,19+/m0/s1. The van der Waals surface area contributed by atoms with Crippen molar-refractivity contribution in [2.45, 2.75) is 71.3 Å². The van der Waals surface area contributed by atoms with Crippen LogP contribution >= 0.6 is 0 Å². The molecule has 4 rings (SSSR count). The lowest BCUT2D eigenvalue weighted by Crippen LogP contribution is -2.46. The van der Waals surface area contributed by atoms with Gasteiger partial charge in [0.2, 0.25) is 0 Å². The van der Waals surface area contributed by atoms with E-state index in [4.69, 9.17) is 0 Å². The molecule has 4 aliphatic rings. The van der Waals surface area contributed by atoms with Gasteiger partial charge in [-0.05, 0) is 93.3 Å². The Labute approximate surface area is 123 Å². The van der Waals surface area contributed by atoms with Crippen LogP contribution in [0.2, 0.25) is 0 Å². The average Bonchev–Trinajstić information content (AvgIpc) is 2.73. The summed E-state index contributed by atoms with van der Waals surface area (Å²) < 4.78 is 0. The number of hydrogen-bond donors (Lipinski definition) is 1. The summed E-state index contributed by atoms with van der Waals surface area (Å²) in [5, 5.41) is 9.96. The van der Waals surface area contributed by atoms with Gasteiger partial charge in [-0.2, -0.15) is 0 Å². The van der Waals surface area contributed by atoms with E-state index in [9.17, 15) is 5.11 Å². The van der Waals surface area contributed by atoms with E-state index in [-0.39, 0.29) is 6.10 Å². The number of fused-ring (bicyclic) bond motifs is 4. The minimum Gasteiger partial charge on any atom is -0.393 e. The highest BCUT2D eigenvalue weighted by atomic mass is 16.3. The number of aliphatic hydroxyl groups is 1. The molecule has 1 heteroatoms. The molecule has 1 N–H and O–H groups in total. The lowest BCUT2D eigenvalue weighted by atomic mass is 9.51. The van der Waals surface area contributed by atoms with Crippen molar-refractivity contribution in [2.75, 3.05) is 0 Å². The van der Waals surface area contributed by atoms with E-state index in [1.54, 1.807) is 5.57 Å². The molecule has 3 saturated carbocycles. The van der Waals surface area contributed by atoms with Gasteiger partial charge in [-0.1, -0.05) is 18.6 Å². The fraction of sp³-hybridized carbons (Fsp3) is 0.895. The van der Waals surface area contributed by atoms with E-state index in [0.717, 1.165) is 42.4 Å². The van der Waals surface area contributed by atoms with E-state index >= 15 is 0 Å². The van der Waals surface area contributed by atoms with Gasteiger partial charge >= 0.3 is 0 Å². The maximum Gasteiger partial charge on any atom is 0.0543 e. The van der Waals surface area contributed by atoms with E-state index in [0.29, 0.717) is 5.41 Å². The molecule has 112 valence electrons. The molecule has 7 atom stereocenters. The van der Waals surface area contributed by atoms with Gasteiger partial charge < -0.3 is 5.11 Å². The number of allylic oxidation sites excluding steroid dienone is 2. The Kier molecular flexibility index (Phi) is 3.07. The van der Waals surface area contributed by atoms with Crippen LogP contribution in [0.1, 0.15) is 65.2 Å². The molecule has 0 aromatic rings. The molecule has 0 aromatic heterocycles. The molecule has 0 radical (unpaired) electrons. The number of hydrogen-bond acceptors (Lipinski definition) is 1. The third-order valence-corrected chi connectivity index (χ3v) is 7.85. The van der Waals surface area contributed by atoms with Gasteiger partial charge in [-0.3, -0.25) is 0 Å². The number of rotatable bonds is 0. The smallest absolute Gasteiger partial charge is 0.0543 e. The summed E-state index contributed by atoms with van der Waals surface area (Å²) in [6.07, 6.45) is 13.1. The normalized spacial score (nSPS) is 54.6. The van der Waals surface area contributed by atoms with E-state index in [2.05, 4.69) is 19.9 Å². The first-order valence-electron chi connectivity index (χ1n) is 8.93. The van der Waals surface area contributed by atoms with Gasteiger partial charge in [0.05, 0.1) is 6.10 Å². The quantitative estimate of drug-likeness (QED) is 0.642. The van der Waals surface area contributed by atoms with Crippen molar-refractivity contribution in [3.8, 4) is 0 Å². The van der Waals surface area contributed by atoms with Gasteiger partial charge in [0.25, 0.3) is 0 Å². The van der Waals surface area contributed by atoms with Gasteiger partial charge in [0, 0.05) is 0 Å². The summed E-state index contributed by atoms with van der Waals surface area (Å²) in [6.45, 7) is 4.92. The third kappa shape index (κ3) is 1.85. The Morgan fingerprint density at radius 3 is 2.75 bits per heavy atom. The van der Waals surface area contributed by atoms with Gasteiger partial charge in [0.1, 0.15) is 0 Å². The maximum atomic E-state index is 9.96. The van der Waals surface area contributed by atoms with Crippen LogP contribution in [0.25, 0.3) is 0 Å². The summed E-state index contributed by atoms with van der Waals surface area (Å²) in [5.41, 5.74) is 2.21. The first kappa shape index (κ1) is 13.4. The zero-order chi connectivity index (χ0) is 13.9. The van der Waals surface area contributed by atoms with Crippen molar-refractivity contribution in [3.05, 3.63) is 11.6 Å². The molecule has 20 heavy (non-hydrogen) atoms. The van der Waals surface area contributed by atoms with Gasteiger partial charge in [-0.15, -0.1) is 0 Å². The monoisotopic (exact) mass is 274 g/mol. The topological polar surface area (TPSA) is 20.2 Å². The van der Waals surface area contributed by atoms with Crippen LogP contribution in [0.4, 0.5) is 0 Å². The molecule has 0 heterocycles. The average molecular weight is 274 g/mol. The first-order chi connectivity index (χ1) is 9.58. The van der Waals surface area contributed by atoms with Crippen molar-refractivity contribution in [1.29, 1.82) is 0 Å². The Bertz CT molecular complexity index is 425. The molecule has 3 fully saturated rings. The molecule has 0 saturated heterocycles. The predicted molar refractivity (Wildman–Crippen MR) is 82.3 cm³/mol. The molecule has 1 nitrogen and oxygen atoms in total. The van der Waals surface area contributed by atoms with Gasteiger partial charge in [-0.25, -0.2) is 0 Å². The highest BCUT2D eigenvalue weighted by Crippen LogP contribution is 2.61. The lowest BCUT2D eigenvalue weighted by Gasteiger charge is -2.54. The minimum atomic E-state index is 0.0112. The second-order valence-electron chi connectivity index (χ2n) is 8.57. The fourth-order valence-corrected chi connectivity index (χ4v) is 6.44. The maximum absolute atomic E-state index is 9.96. The van der Waals surface area contributed by atoms with E-state index in [1.807, 2.05) is 0 Å². The summed E-state index contributed by atoms with van der Waals surface area (Å²) in [5.74, 6) is 4.68. The lowest BCUT2D eigenvalue weighted by molar-refractivity contribution is -0.0459. The van der Waals surface area contributed by atoms with Crippen molar-refractivity contribution in [3.63, 3.8) is 0 Å². The largest absolute Gasteiger partial charge is 0.393 e. The van der Waals surface area contributed by atoms with Crippen molar-refractivity contribution >= 4 is 0 Å². The molecule has 4 aliphatic carbocycles. The van der Waals surface area contributed by atoms with Crippen LogP contribution < -0.4 is 0 Å². The van der Waals surface area contributed by atoms with Crippen LogP contribution in [0, 0.1) is 35.0 Å². The van der Waals surface area contributed by atoms with Crippen LogP contribution in [0.5, 0.6) is 0 Å². The molecule has 0 aromatic carbocycles. The van der Waals surface area contributed by atoms with Crippen molar-refractivity contribution in [2.24, 2.45) is 35.0 Å². The minimum absolute atomic E-state index is 0.0112. The molecular formula is C19H30O.